The molecule has 3 aromatic carbocycles. The summed E-state index contributed by atoms with van der Waals surface area (Å²) in [6.07, 6.45) is 0. The van der Waals surface area contributed by atoms with Crippen LogP contribution in [0.5, 0.6) is 11.5 Å². The Bertz CT molecular complexity index is 1220. The van der Waals surface area contributed by atoms with Gasteiger partial charge >= 0.3 is 11.8 Å². The maximum atomic E-state index is 13.1. The van der Waals surface area contributed by atoms with Gasteiger partial charge in [-0.3, -0.25) is 9.59 Å². The molecule has 0 radical (unpaired) electrons. The number of benzene rings is 3. The number of nitrogens with one attached hydrogen (secondary N) is 2. The van der Waals surface area contributed by atoms with Gasteiger partial charge in [0.05, 0.1) is 12.8 Å². The standard InChI is InChI=1S/C26H26FN3O4/c1-16-5-11-22(17(2)13-16)28-25(31)26(32)30-29-18(3)20-8-12-23(24(14-20)33-4)34-15-19-6-9-21(27)10-7-19/h5-14H,15H2,1-4H3,(H,28,31)(H,30,32)/b29-18+. The first-order chi connectivity index (χ1) is 16.3. The summed E-state index contributed by atoms with van der Waals surface area (Å²) in [4.78, 5) is 24.4. The minimum absolute atomic E-state index is 0.245. The second kappa shape index (κ2) is 11.1. The molecule has 2 N–H and O–H groups in total. The molecule has 0 atom stereocenters. The number of carbonyl (C=O) groups is 2. The number of ether oxygens (including phenoxy) is 2. The van der Waals surface area contributed by atoms with Crippen molar-refractivity contribution in [3.63, 3.8) is 0 Å². The van der Waals surface area contributed by atoms with Gasteiger partial charge in [-0.25, -0.2) is 9.82 Å². The van der Waals surface area contributed by atoms with Crippen molar-refractivity contribution in [2.75, 3.05) is 12.4 Å². The Morgan fingerprint density at radius 3 is 2.35 bits per heavy atom. The van der Waals surface area contributed by atoms with Crippen LogP contribution in [0.15, 0.2) is 65.8 Å². The highest BCUT2D eigenvalue weighted by Crippen LogP contribution is 2.29. The zero-order valence-corrected chi connectivity index (χ0v) is 19.4. The largest absolute Gasteiger partial charge is 0.493 e. The van der Waals surface area contributed by atoms with Crippen molar-refractivity contribution in [2.24, 2.45) is 5.10 Å². The van der Waals surface area contributed by atoms with Crippen LogP contribution in [0.1, 0.15) is 29.2 Å². The van der Waals surface area contributed by atoms with Crippen molar-refractivity contribution in [3.8, 4) is 11.5 Å². The highest BCUT2D eigenvalue weighted by molar-refractivity contribution is 6.39. The third kappa shape index (κ3) is 6.41. The van der Waals surface area contributed by atoms with E-state index >= 15 is 0 Å². The molecule has 0 heterocycles. The lowest BCUT2D eigenvalue weighted by Crippen LogP contribution is -2.33. The number of hydrogen-bond donors (Lipinski definition) is 2. The van der Waals surface area contributed by atoms with Gasteiger partial charge in [-0.2, -0.15) is 5.10 Å². The van der Waals surface area contributed by atoms with Gasteiger partial charge in [0.25, 0.3) is 0 Å². The highest BCUT2D eigenvalue weighted by atomic mass is 19.1. The summed E-state index contributed by atoms with van der Waals surface area (Å²) in [5.74, 6) is -1.04. The van der Waals surface area contributed by atoms with Crippen molar-refractivity contribution in [3.05, 3.63) is 88.7 Å². The van der Waals surface area contributed by atoms with Crippen LogP contribution in [0.4, 0.5) is 10.1 Å². The summed E-state index contributed by atoms with van der Waals surface area (Å²) >= 11 is 0. The normalized spacial score (nSPS) is 11.0. The molecule has 0 aliphatic carbocycles. The molecule has 0 aromatic heterocycles. The molecular weight excluding hydrogens is 437 g/mol. The van der Waals surface area contributed by atoms with Gasteiger partial charge in [0.15, 0.2) is 11.5 Å². The minimum atomic E-state index is -0.884. The quantitative estimate of drug-likeness (QED) is 0.307. The fraction of sp³-hybridized carbons (Fsp3) is 0.192. The van der Waals surface area contributed by atoms with Crippen LogP contribution in [0.3, 0.4) is 0 Å². The molecule has 3 aromatic rings. The van der Waals surface area contributed by atoms with Gasteiger partial charge in [-0.05, 0) is 68.3 Å². The number of carbonyl (C=O) groups excluding carboxylic acids is 2. The predicted octanol–water partition coefficient (Wildman–Crippen LogP) is 4.51. The van der Waals surface area contributed by atoms with Crippen molar-refractivity contribution in [1.29, 1.82) is 0 Å². The van der Waals surface area contributed by atoms with E-state index in [2.05, 4.69) is 15.8 Å². The second-order valence-corrected chi connectivity index (χ2v) is 7.69. The molecule has 7 nitrogen and oxygen atoms in total. The van der Waals surface area contributed by atoms with Crippen LogP contribution < -0.4 is 20.2 Å². The van der Waals surface area contributed by atoms with Crippen LogP contribution in [0, 0.1) is 19.7 Å². The molecular formula is C26H26FN3O4. The Morgan fingerprint density at radius 2 is 1.68 bits per heavy atom. The van der Waals surface area contributed by atoms with E-state index in [4.69, 9.17) is 9.47 Å². The van der Waals surface area contributed by atoms with Crippen LogP contribution in [0.2, 0.25) is 0 Å². The second-order valence-electron chi connectivity index (χ2n) is 7.69. The summed E-state index contributed by atoms with van der Waals surface area (Å²) in [5.41, 5.74) is 6.69. The van der Waals surface area contributed by atoms with Gasteiger partial charge in [0.1, 0.15) is 12.4 Å². The Labute approximate surface area is 197 Å². The molecule has 0 saturated carbocycles. The lowest BCUT2D eigenvalue weighted by Gasteiger charge is -2.12. The number of aryl methyl sites for hydroxylation is 2. The number of rotatable bonds is 7. The van der Waals surface area contributed by atoms with E-state index < -0.39 is 11.8 Å². The first-order valence-electron chi connectivity index (χ1n) is 10.6. The van der Waals surface area contributed by atoms with E-state index in [1.54, 1.807) is 43.3 Å². The molecule has 3 rings (SSSR count). The van der Waals surface area contributed by atoms with E-state index in [0.717, 1.165) is 16.7 Å². The summed E-state index contributed by atoms with van der Waals surface area (Å²) < 4.78 is 24.2. The zero-order valence-electron chi connectivity index (χ0n) is 19.4. The topological polar surface area (TPSA) is 89.0 Å². The zero-order chi connectivity index (χ0) is 24.7. The number of nitrogens with zero attached hydrogens (tertiary/aromatic N) is 1. The molecule has 0 fully saturated rings. The molecule has 0 unspecified atom stereocenters. The SMILES string of the molecule is COc1cc(/C(C)=N/NC(=O)C(=O)Nc2ccc(C)cc2C)ccc1OCc1ccc(F)cc1. The smallest absolute Gasteiger partial charge is 0.329 e. The number of hydrogen-bond acceptors (Lipinski definition) is 5. The third-order valence-electron chi connectivity index (χ3n) is 5.05. The summed E-state index contributed by atoms with van der Waals surface area (Å²) in [5, 5.41) is 6.60. The number of amides is 2. The van der Waals surface area contributed by atoms with Gasteiger partial charge in [-0.1, -0.05) is 29.8 Å². The molecule has 0 aliphatic heterocycles. The Balaban J connectivity index is 1.62. The van der Waals surface area contributed by atoms with Crippen molar-refractivity contribution >= 4 is 23.2 Å². The predicted molar refractivity (Wildman–Crippen MR) is 129 cm³/mol. The third-order valence-corrected chi connectivity index (χ3v) is 5.05. The summed E-state index contributed by atoms with van der Waals surface area (Å²) in [7, 11) is 1.51. The van der Waals surface area contributed by atoms with Gasteiger partial charge in [0, 0.05) is 11.3 Å². The first-order valence-corrected chi connectivity index (χ1v) is 10.6. The number of methoxy groups -OCH3 is 1. The van der Waals surface area contributed by atoms with E-state index in [1.807, 2.05) is 26.0 Å². The van der Waals surface area contributed by atoms with Crippen molar-refractivity contribution in [2.45, 2.75) is 27.4 Å². The van der Waals surface area contributed by atoms with E-state index in [9.17, 15) is 14.0 Å². The minimum Gasteiger partial charge on any atom is -0.493 e. The van der Waals surface area contributed by atoms with Gasteiger partial charge < -0.3 is 14.8 Å². The van der Waals surface area contributed by atoms with Gasteiger partial charge in [-0.15, -0.1) is 0 Å². The monoisotopic (exact) mass is 463 g/mol. The summed E-state index contributed by atoms with van der Waals surface area (Å²) in [6.45, 7) is 5.73. The van der Waals surface area contributed by atoms with Crippen LogP contribution in [-0.4, -0.2) is 24.6 Å². The maximum absolute atomic E-state index is 13.1. The van der Waals surface area contributed by atoms with Crippen molar-refractivity contribution in [1.82, 2.24) is 5.43 Å². The lowest BCUT2D eigenvalue weighted by molar-refractivity contribution is -0.136. The van der Waals surface area contributed by atoms with Crippen LogP contribution in [0.25, 0.3) is 0 Å². The first kappa shape index (κ1) is 24.4. The van der Waals surface area contributed by atoms with Gasteiger partial charge in [0.2, 0.25) is 0 Å². The molecule has 176 valence electrons. The van der Waals surface area contributed by atoms with Crippen LogP contribution in [-0.2, 0) is 16.2 Å². The maximum Gasteiger partial charge on any atom is 0.329 e. The van der Waals surface area contributed by atoms with E-state index in [-0.39, 0.29) is 12.4 Å². The number of halogens is 1. The molecule has 0 aliphatic rings. The molecule has 0 saturated heterocycles. The molecule has 0 spiro atoms. The number of anilines is 1. The average molecular weight is 464 g/mol. The Hall–Kier alpha value is -4.20. The molecule has 0 bridgehead atoms. The summed E-state index contributed by atoms with van der Waals surface area (Å²) in [6, 6.07) is 16.7. The fourth-order valence-corrected chi connectivity index (χ4v) is 3.14. The molecule has 8 heteroatoms. The average Bonchev–Trinajstić information content (AvgIpc) is 2.83. The van der Waals surface area contributed by atoms with E-state index in [1.165, 1.54) is 19.2 Å². The molecule has 34 heavy (non-hydrogen) atoms. The Kier molecular flexibility index (Phi) is 7.97. The van der Waals surface area contributed by atoms with Crippen LogP contribution >= 0.6 is 0 Å². The lowest BCUT2D eigenvalue weighted by atomic mass is 10.1. The Morgan fingerprint density at radius 1 is 0.941 bits per heavy atom. The molecule has 2 amide bonds. The fourth-order valence-electron chi connectivity index (χ4n) is 3.14. The van der Waals surface area contributed by atoms with E-state index in [0.29, 0.717) is 28.5 Å². The number of hydrazone groups is 1. The highest BCUT2D eigenvalue weighted by Gasteiger charge is 2.15. The van der Waals surface area contributed by atoms with Crippen molar-refractivity contribution < 1.29 is 23.5 Å².